The second-order valence-electron chi connectivity index (χ2n) is 6.22. The molecule has 3 N–H and O–H groups in total. The zero-order valence-corrected chi connectivity index (χ0v) is 13.4. The Bertz CT molecular complexity index is 522. The van der Waals surface area contributed by atoms with E-state index in [1.807, 2.05) is 18.2 Å². The summed E-state index contributed by atoms with van der Waals surface area (Å²) in [6.45, 7) is 0.247. The number of urea groups is 1. The summed E-state index contributed by atoms with van der Waals surface area (Å²) >= 11 is 0. The molecular formula is C17H23F3N2O2. The summed E-state index contributed by atoms with van der Waals surface area (Å²) in [5.41, 5.74) is 0.764. The third kappa shape index (κ3) is 5.70. The van der Waals surface area contributed by atoms with Crippen molar-refractivity contribution in [2.45, 2.75) is 50.4 Å². The fourth-order valence-electron chi connectivity index (χ4n) is 3.02. The molecular weight excluding hydrogens is 321 g/mol. The summed E-state index contributed by atoms with van der Waals surface area (Å²) in [6.07, 6.45) is -3.45. The van der Waals surface area contributed by atoms with Crippen LogP contribution in [0.1, 0.15) is 43.8 Å². The van der Waals surface area contributed by atoms with E-state index in [0.29, 0.717) is 19.3 Å². The lowest BCUT2D eigenvalue weighted by atomic mass is 9.85. The van der Waals surface area contributed by atoms with E-state index in [2.05, 4.69) is 10.6 Å². The molecule has 1 aliphatic rings. The van der Waals surface area contributed by atoms with E-state index in [9.17, 15) is 23.1 Å². The first-order valence-corrected chi connectivity index (χ1v) is 8.20. The summed E-state index contributed by atoms with van der Waals surface area (Å²) in [7, 11) is 0. The molecule has 1 fully saturated rings. The Labute approximate surface area is 139 Å². The van der Waals surface area contributed by atoms with E-state index in [0.717, 1.165) is 5.56 Å². The van der Waals surface area contributed by atoms with Crippen LogP contribution in [-0.2, 0) is 0 Å². The molecule has 0 unspecified atom stereocenters. The highest BCUT2D eigenvalue weighted by Crippen LogP contribution is 2.37. The molecule has 0 saturated heterocycles. The minimum absolute atomic E-state index is 0.0659. The lowest BCUT2D eigenvalue weighted by Crippen LogP contribution is -2.46. The second kappa shape index (κ2) is 8.37. The predicted octanol–water partition coefficient (Wildman–Crippen LogP) is 3.53. The molecule has 0 radical (unpaired) electrons. The SMILES string of the molecule is O=C(NCC[C@H](O)c1ccccc1)N[C@H]1CCC[C@@H](C(F)(F)F)C1. The van der Waals surface area contributed by atoms with Gasteiger partial charge in [-0.05, 0) is 31.2 Å². The molecule has 134 valence electrons. The number of benzene rings is 1. The normalized spacial score (nSPS) is 22.7. The van der Waals surface area contributed by atoms with Crippen molar-refractivity contribution < 1.29 is 23.1 Å². The molecule has 24 heavy (non-hydrogen) atoms. The number of rotatable bonds is 5. The second-order valence-corrected chi connectivity index (χ2v) is 6.22. The lowest BCUT2D eigenvalue weighted by Gasteiger charge is -2.31. The number of amides is 2. The van der Waals surface area contributed by atoms with Gasteiger partial charge in [0.1, 0.15) is 0 Å². The number of aliphatic hydroxyl groups is 1. The highest BCUT2D eigenvalue weighted by molar-refractivity contribution is 5.74. The maximum atomic E-state index is 12.7. The van der Waals surface area contributed by atoms with E-state index in [4.69, 9.17) is 0 Å². The van der Waals surface area contributed by atoms with Crippen molar-refractivity contribution in [1.82, 2.24) is 10.6 Å². The third-order valence-corrected chi connectivity index (χ3v) is 4.36. The Hall–Kier alpha value is -1.76. The van der Waals surface area contributed by atoms with Gasteiger partial charge in [0.05, 0.1) is 12.0 Å². The van der Waals surface area contributed by atoms with Crippen LogP contribution in [0.15, 0.2) is 30.3 Å². The topological polar surface area (TPSA) is 61.4 Å². The number of hydrogen-bond donors (Lipinski definition) is 3. The Balaban J connectivity index is 1.70. The van der Waals surface area contributed by atoms with Gasteiger partial charge < -0.3 is 15.7 Å². The zero-order valence-electron chi connectivity index (χ0n) is 13.4. The number of hydrogen-bond acceptors (Lipinski definition) is 2. The molecule has 1 aromatic carbocycles. The van der Waals surface area contributed by atoms with Gasteiger partial charge in [-0.15, -0.1) is 0 Å². The minimum atomic E-state index is -4.20. The molecule has 1 aliphatic carbocycles. The lowest BCUT2D eigenvalue weighted by molar-refractivity contribution is -0.183. The van der Waals surface area contributed by atoms with Crippen molar-refractivity contribution in [1.29, 1.82) is 0 Å². The molecule has 7 heteroatoms. The molecule has 2 rings (SSSR count). The molecule has 0 bridgehead atoms. The Morgan fingerprint density at radius 3 is 2.62 bits per heavy atom. The fraction of sp³-hybridized carbons (Fsp3) is 0.588. The summed E-state index contributed by atoms with van der Waals surface area (Å²) in [5, 5.41) is 15.2. The summed E-state index contributed by atoms with van der Waals surface area (Å²) in [4.78, 5) is 11.8. The number of aliphatic hydroxyl groups excluding tert-OH is 1. The van der Waals surface area contributed by atoms with Gasteiger partial charge in [0.25, 0.3) is 0 Å². The molecule has 0 heterocycles. The number of alkyl halides is 3. The number of halogens is 3. The molecule has 4 nitrogen and oxygen atoms in total. The van der Waals surface area contributed by atoms with Gasteiger partial charge in [0.15, 0.2) is 0 Å². The molecule has 3 atom stereocenters. The Kier molecular flexibility index (Phi) is 6.48. The average Bonchev–Trinajstić information content (AvgIpc) is 2.55. The monoisotopic (exact) mass is 344 g/mol. The summed E-state index contributed by atoms with van der Waals surface area (Å²) in [6, 6.07) is 8.14. The van der Waals surface area contributed by atoms with Crippen molar-refractivity contribution in [2.75, 3.05) is 6.54 Å². The molecule has 1 aromatic rings. The molecule has 1 saturated carbocycles. The van der Waals surface area contributed by atoms with Crippen molar-refractivity contribution in [3.05, 3.63) is 35.9 Å². The quantitative estimate of drug-likeness (QED) is 0.765. The zero-order chi connectivity index (χ0) is 17.6. The van der Waals surface area contributed by atoms with Gasteiger partial charge in [0, 0.05) is 12.6 Å². The highest BCUT2D eigenvalue weighted by atomic mass is 19.4. The van der Waals surface area contributed by atoms with Gasteiger partial charge in [-0.25, -0.2) is 4.79 Å². The Morgan fingerprint density at radius 1 is 1.25 bits per heavy atom. The van der Waals surface area contributed by atoms with Crippen molar-refractivity contribution in [2.24, 2.45) is 5.92 Å². The predicted molar refractivity (Wildman–Crippen MR) is 84.4 cm³/mol. The third-order valence-electron chi connectivity index (χ3n) is 4.36. The average molecular weight is 344 g/mol. The van der Waals surface area contributed by atoms with Crippen LogP contribution < -0.4 is 10.6 Å². The molecule has 0 aliphatic heterocycles. The number of carbonyl (C=O) groups excluding carboxylic acids is 1. The van der Waals surface area contributed by atoms with Crippen LogP contribution in [0.2, 0.25) is 0 Å². The highest BCUT2D eigenvalue weighted by Gasteiger charge is 2.42. The maximum Gasteiger partial charge on any atom is 0.391 e. The van der Waals surface area contributed by atoms with Crippen LogP contribution in [0.25, 0.3) is 0 Å². The molecule has 2 amide bonds. The molecule has 0 spiro atoms. The number of nitrogens with one attached hydrogen (secondary N) is 2. The van der Waals surface area contributed by atoms with Gasteiger partial charge in [-0.2, -0.15) is 13.2 Å². The van der Waals surface area contributed by atoms with Crippen LogP contribution in [0, 0.1) is 5.92 Å². The van der Waals surface area contributed by atoms with E-state index < -0.39 is 30.3 Å². The maximum absolute atomic E-state index is 12.7. The first kappa shape index (κ1) is 18.6. The van der Waals surface area contributed by atoms with Gasteiger partial charge in [-0.1, -0.05) is 36.8 Å². The van der Waals surface area contributed by atoms with Crippen LogP contribution in [0.3, 0.4) is 0 Å². The standard InChI is InChI=1S/C17H23F3N2O2/c18-17(19,20)13-7-4-8-14(11-13)22-16(24)21-10-9-15(23)12-5-2-1-3-6-12/h1-3,5-6,13-15,23H,4,7-11H2,(H2,21,22,24)/t13-,14+,15+/m1/s1. The summed E-state index contributed by atoms with van der Waals surface area (Å²) in [5.74, 6) is -1.34. The minimum Gasteiger partial charge on any atom is -0.388 e. The smallest absolute Gasteiger partial charge is 0.388 e. The van der Waals surface area contributed by atoms with Crippen LogP contribution in [0.5, 0.6) is 0 Å². The van der Waals surface area contributed by atoms with Crippen molar-refractivity contribution >= 4 is 6.03 Å². The first-order valence-electron chi connectivity index (χ1n) is 8.20. The van der Waals surface area contributed by atoms with E-state index in [1.165, 1.54) is 0 Å². The summed E-state index contributed by atoms with van der Waals surface area (Å²) < 4.78 is 38.2. The van der Waals surface area contributed by atoms with E-state index in [-0.39, 0.29) is 19.4 Å². The van der Waals surface area contributed by atoms with Crippen molar-refractivity contribution in [3.63, 3.8) is 0 Å². The van der Waals surface area contributed by atoms with Gasteiger partial charge in [-0.3, -0.25) is 0 Å². The van der Waals surface area contributed by atoms with E-state index in [1.54, 1.807) is 12.1 Å². The first-order chi connectivity index (χ1) is 11.4. The van der Waals surface area contributed by atoms with Gasteiger partial charge in [0.2, 0.25) is 0 Å². The van der Waals surface area contributed by atoms with Crippen LogP contribution in [0.4, 0.5) is 18.0 Å². The van der Waals surface area contributed by atoms with E-state index >= 15 is 0 Å². The van der Waals surface area contributed by atoms with Crippen molar-refractivity contribution in [3.8, 4) is 0 Å². The van der Waals surface area contributed by atoms with Crippen LogP contribution in [-0.4, -0.2) is 29.9 Å². The Morgan fingerprint density at radius 2 is 1.96 bits per heavy atom. The largest absolute Gasteiger partial charge is 0.391 e. The molecule has 0 aromatic heterocycles. The number of carbonyl (C=O) groups is 1. The van der Waals surface area contributed by atoms with Gasteiger partial charge >= 0.3 is 12.2 Å². The van der Waals surface area contributed by atoms with Crippen LogP contribution >= 0.6 is 0 Å². The fourth-order valence-corrected chi connectivity index (χ4v) is 3.02.